The molecule has 114 valence electrons. The Bertz CT molecular complexity index is 859. The highest BCUT2D eigenvalue weighted by molar-refractivity contribution is 7.93. The van der Waals surface area contributed by atoms with Gasteiger partial charge in [-0.15, -0.1) is 0 Å². The molecule has 3 rings (SSSR count). The normalized spacial score (nSPS) is 14.5. The molecule has 0 aromatic heterocycles. The van der Waals surface area contributed by atoms with E-state index in [9.17, 15) is 13.2 Å². The van der Waals surface area contributed by atoms with E-state index >= 15 is 0 Å². The van der Waals surface area contributed by atoms with Crippen LogP contribution in [0.25, 0.3) is 0 Å². The summed E-state index contributed by atoms with van der Waals surface area (Å²) in [5, 5.41) is 2.69. The van der Waals surface area contributed by atoms with Gasteiger partial charge < -0.3 is 5.32 Å². The number of aryl methyl sites for hydroxylation is 2. The van der Waals surface area contributed by atoms with Crippen LogP contribution in [0.2, 0.25) is 0 Å². The van der Waals surface area contributed by atoms with Crippen LogP contribution < -0.4 is 9.62 Å². The Kier molecular flexibility index (Phi) is 3.41. The molecule has 1 aliphatic rings. The zero-order chi connectivity index (χ0) is 15.9. The molecule has 0 aliphatic carbocycles. The second-order valence-corrected chi connectivity index (χ2v) is 7.18. The van der Waals surface area contributed by atoms with E-state index in [0.29, 0.717) is 16.9 Å². The summed E-state index contributed by atoms with van der Waals surface area (Å²) < 4.78 is 27.1. The molecule has 1 N–H and O–H groups in total. The lowest BCUT2D eigenvalue weighted by Crippen LogP contribution is -2.42. The monoisotopic (exact) mass is 316 g/mol. The summed E-state index contributed by atoms with van der Waals surface area (Å²) in [5.74, 6) is -0.341. The van der Waals surface area contributed by atoms with Gasteiger partial charge in [-0.05, 0) is 37.6 Å². The van der Waals surface area contributed by atoms with E-state index in [1.54, 1.807) is 43.3 Å². The number of sulfonamides is 1. The second-order valence-electron chi connectivity index (χ2n) is 5.35. The molecule has 1 aliphatic heterocycles. The van der Waals surface area contributed by atoms with Crippen molar-refractivity contribution in [2.75, 3.05) is 16.2 Å². The third-order valence-corrected chi connectivity index (χ3v) is 5.55. The van der Waals surface area contributed by atoms with Gasteiger partial charge in [0.2, 0.25) is 5.91 Å². The van der Waals surface area contributed by atoms with Crippen molar-refractivity contribution >= 4 is 27.3 Å². The molecule has 2 aromatic rings. The molecule has 22 heavy (non-hydrogen) atoms. The highest BCUT2D eigenvalue weighted by Gasteiger charge is 2.33. The molecule has 2 aromatic carbocycles. The summed E-state index contributed by atoms with van der Waals surface area (Å²) in [6.07, 6.45) is 0. The lowest BCUT2D eigenvalue weighted by atomic mass is 10.2. The summed E-state index contributed by atoms with van der Waals surface area (Å²) in [7, 11) is -3.78. The van der Waals surface area contributed by atoms with Crippen molar-refractivity contribution < 1.29 is 13.2 Å². The van der Waals surface area contributed by atoms with Gasteiger partial charge >= 0.3 is 0 Å². The third-order valence-electron chi connectivity index (χ3n) is 3.63. The number of amides is 1. The van der Waals surface area contributed by atoms with Crippen LogP contribution in [0, 0.1) is 13.8 Å². The molecule has 0 radical (unpaired) electrons. The number of benzene rings is 2. The number of hydrogen-bond donors (Lipinski definition) is 1. The fraction of sp³-hybridized carbons (Fsp3) is 0.188. The molecule has 0 fully saturated rings. The van der Waals surface area contributed by atoms with Gasteiger partial charge in [0.1, 0.15) is 6.54 Å². The zero-order valence-corrected chi connectivity index (χ0v) is 13.1. The van der Waals surface area contributed by atoms with Gasteiger partial charge in [0.25, 0.3) is 10.0 Å². The Morgan fingerprint density at radius 3 is 2.55 bits per heavy atom. The van der Waals surface area contributed by atoms with E-state index in [1.807, 2.05) is 13.0 Å². The van der Waals surface area contributed by atoms with Crippen LogP contribution in [0.15, 0.2) is 47.4 Å². The molecule has 0 atom stereocenters. The van der Waals surface area contributed by atoms with Gasteiger partial charge in [-0.2, -0.15) is 0 Å². The van der Waals surface area contributed by atoms with Crippen molar-refractivity contribution in [1.82, 2.24) is 0 Å². The molecule has 0 saturated carbocycles. The Morgan fingerprint density at radius 1 is 1.09 bits per heavy atom. The van der Waals surface area contributed by atoms with Crippen LogP contribution in [0.3, 0.4) is 0 Å². The van der Waals surface area contributed by atoms with Crippen molar-refractivity contribution in [3.8, 4) is 0 Å². The molecule has 5 nitrogen and oxygen atoms in total. The lowest BCUT2D eigenvalue weighted by molar-refractivity contribution is -0.115. The predicted octanol–water partition coefficient (Wildman–Crippen LogP) is 2.45. The molecule has 0 unspecified atom stereocenters. The predicted molar refractivity (Wildman–Crippen MR) is 85.5 cm³/mol. The first-order chi connectivity index (χ1) is 10.4. The van der Waals surface area contributed by atoms with Crippen LogP contribution >= 0.6 is 0 Å². The van der Waals surface area contributed by atoms with Gasteiger partial charge in [-0.3, -0.25) is 9.10 Å². The summed E-state index contributed by atoms with van der Waals surface area (Å²) >= 11 is 0. The average Bonchev–Trinajstić information content (AvgIpc) is 2.45. The Balaban J connectivity index is 2.15. The Labute approximate surface area is 129 Å². The fourth-order valence-electron chi connectivity index (χ4n) is 2.62. The molecule has 1 heterocycles. The van der Waals surface area contributed by atoms with Crippen molar-refractivity contribution in [2.45, 2.75) is 18.7 Å². The maximum Gasteiger partial charge on any atom is 0.265 e. The summed E-state index contributed by atoms with van der Waals surface area (Å²) in [4.78, 5) is 12.1. The standard InChI is InChI=1S/C16H16N2O3S/c1-11-7-8-15(12(2)9-11)22(20,21)18-10-16(19)17-13-5-3-4-6-14(13)18/h3-9H,10H2,1-2H3,(H,17,19). The summed E-state index contributed by atoms with van der Waals surface area (Å²) in [6.45, 7) is 3.45. The lowest BCUT2D eigenvalue weighted by Gasteiger charge is -2.30. The number of hydrogen-bond acceptors (Lipinski definition) is 3. The summed E-state index contributed by atoms with van der Waals surface area (Å²) in [6, 6.07) is 12.1. The summed E-state index contributed by atoms with van der Waals surface area (Å²) in [5.41, 5.74) is 2.66. The van der Waals surface area contributed by atoms with Crippen molar-refractivity contribution in [3.05, 3.63) is 53.6 Å². The molecule has 6 heteroatoms. The molecule has 0 spiro atoms. The second kappa shape index (κ2) is 5.14. The van der Waals surface area contributed by atoms with E-state index in [0.717, 1.165) is 5.56 Å². The third kappa shape index (κ3) is 2.35. The smallest absolute Gasteiger partial charge is 0.265 e. The minimum atomic E-state index is -3.78. The maximum absolute atomic E-state index is 13.0. The number of anilines is 2. The first-order valence-electron chi connectivity index (χ1n) is 6.88. The highest BCUT2D eigenvalue weighted by Crippen LogP contribution is 2.34. The van der Waals surface area contributed by atoms with Gasteiger partial charge in [-0.25, -0.2) is 8.42 Å². The largest absolute Gasteiger partial charge is 0.323 e. The topological polar surface area (TPSA) is 66.5 Å². The molecule has 1 amide bonds. The van der Waals surface area contributed by atoms with Gasteiger partial charge in [0.15, 0.2) is 0 Å². The quantitative estimate of drug-likeness (QED) is 0.925. The first kappa shape index (κ1) is 14.6. The number of fused-ring (bicyclic) bond motifs is 1. The van der Waals surface area contributed by atoms with Gasteiger partial charge in [0, 0.05) is 0 Å². The SMILES string of the molecule is Cc1ccc(S(=O)(=O)N2CC(=O)Nc3ccccc32)c(C)c1. The molecule has 0 saturated heterocycles. The van der Waals surface area contributed by atoms with E-state index in [-0.39, 0.29) is 17.3 Å². The van der Waals surface area contributed by atoms with Crippen molar-refractivity contribution in [3.63, 3.8) is 0 Å². The molecular formula is C16H16N2O3S. The van der Waals surface area contributed by atoms with Gasteiger partial charge in [-0.1, -0.05) is 29.8 Å². The van der Waals surface area contributed by atoms with Crippen LogP contribution in [0.5, 0.6) is 0 Å². The number of carbonyl (C=O) groups excluding carboxylic acids is 1. The maximum atomic E-state index is 13.0. The average molecular weight is 316 g/mol. The van der Waals surface area contributed by atoms with Crippen LogP contribution in [-0.4, -0.2) is 20.9 Å². The number of nitrogens with zero attached hydrogens (tertiary/aromatic N) is 1. The minimum absolute atomic E-state index is 0.216. The van der Waals surface area contributed by atoms with Crippen LogP contribution in [0.1, 0.15) is 11.1 Å². The number of nitrogens with one attached hydrogen (secondary N) is 1. The fourth-order valence-corrected chi connectivity index (χ4v) is 4.27. The Hall–Kier alpha value is -2.34. The zero-order valence-electron chi connectivity index (χ0n) is 12.3. The first-order valence-corrected chi connectivity index (χ1v) is 8.32. The number of rotatable bonds is 2. The van der Waals surface area contributed by atoms with Crippen LogP contribution in [0.4, 0.5) is 11.4 Å². The number of para-hydroxylation sites is 2. The van der Waals surface area contributed by atoms with E-state index in [1.165, 1.54) is 4.31 Å². The van der Waals surface area contributed by atoms with E-state index in [2.05, 4.69) is 5.32 Å². The number of carbonyl (C=O) groups is 1. The Morgan fingerprint density at radius 2 is 1.82 bits per heavy atom. The highest BCUT2D eigenvalue weighted by atomic mass is 32.2. The van der Waals surface area contributed by atoms with Crippen LogP contribution in [-0.2, 0) is 14.8 Å². The van der Waals surface area contributed by atoms with E-state index < -0.39 is 10.0 Å². The minimum Gasteiger partial charge on any atom is -0.323 e. The van der Waals surface area contributed by atoms with Gasteiger partial charge in [0.05, 0.1) is 16.3 Å². The molecule has 0 bridgehead atoms. The molecular weight excluding hydrogens is 300 g/mol. The van der Waals surface area contributed by atoms with E-state index in [4.69, 9.17) is 0 Å². The van der Waals surface area contributed by atoms with Crippen molar-refractivity contribution in [1.29, 1.82) is 0 Å². The van der Waals surface area contributed by atoms with Crippen molar-refractivity contribution in [2.24, 2.45) is 0 Å².